The van der Waals surface area contributed by atoms with Gasteiger partial charge in [0, 0.05) is 28.1 Å². The average Bonchev–Trinajstić information content (AvgIpc) is 2.94. The Hall–Kier alpha value is -4.31. The third-order valence-corrected chi connectivity index (χ3v) is 6.96. The molecule has 1 aromatic heterocycles. The second-order valence-corrected chi connectivity index (χ2v) is 9.66. The van der Waals surface area contributed by atoms with Crippen molar-refractivity contribution >= 4 is 23.9 Å². The van der Waals surface area contributed by atoms with Gasteiger partial charge in [-0.2, -0.15) is 5.10 Å². The molecule has 1 N–H and O–H groups in total. The van der Waals surface area contributed by atoms with Crippen LogP contribution in [0.2, 0.25) is 0 Å². The van der Waals surface area contributed by atoms with Crippen molar-refractivity contribution in [3.8, 4) is 17.2 Å². The summed E-state index contributed by atoms with van der Waals surface area (Å²) in [6, 6.07) is 21.6. The topological polar surface area (TPSA) is 85.7 Å². The molecule has 2 heterocycles. The van der Waals surface area contributed by atoms with Gasteiger partial charge in [0.25, 0.3) is 12.3 Å². The number of hydrogen-bond acceptors (Lipinski definition) is 7. The number of methoxy groups -OCH3 is 1. The van der Waals surface area contributed by atoms with Crippen molar-refractivity contribution in [2.75, 3.05) is 7.11 Å². The van der Waals surface area contributed by atoms with E-state index in [4.69, 9.17) is 9.47 Å². The lowest BCUT2D eigenvalue weighted by Crippen LogP contribution is -2.28. The summed E-state index contributed by atoms with van der Waals surface area (Å²) < 4.78 is 37.7. The predicted molar refractivity (Wildman–Crippen MR) is 145 cm³/mol. The van der Waals surface area contributed by atoms with Gasteiger partial charge in [-0.05, 0) is 48.9 Å². The third-order valence-electron chi connectivity index (χ3n) is 6.07. The number of nitrogens with one attached hydrogen (secondary N) is 1. The van der Waals surface area contributed by atoms with Crippen LogP contribution < -0.4 is 14.9 Å². The Morgan fingerprint density at radius 2 is 1.77 bits per heavy atom. The van der Waals surface area contributed by atoms with Crippen molar-refractivity contribution in [2.45, 2.75) is 30.2 Å². The maximum atomic E-state index is 13.3. The molecular weight excluding hydrogens is 522 g/mol. The summed E-state index contributed by atoms with van der Waals surface area (Å²) in [5.74, 6) is 1.43. The molecule has 0 saturated carbocycles. The summed E-state index contributed by atoms with van der Waals surface area (Å²) in [5.41, 5.74) is 5.88. The molecule has 7 nitrogen and oxygen atoms in total. The molecule has 1 amide bonds. The van der Waals surface area contributed by atoms with Crippen LogP contribution >= 0.6 is 11.8 Å². The number of rotatable bonds is 8. The van der Waals surface area contributed by atoms with Gasteiger partial charge < -0.3 is 9.47 Å². The summed E-state index contributed by atoms with van der Waals surface area (Å²) in [7, 11) is 1.55. The molecule has 0 unspecified atom stereocenters. The summed E-state index contributed by atoms with van der Waals surface area (Å²) in [5, 5.41) is 4.46. The smallest absolute Gasteiger partial charge is 0.280 e. The number of aryl methyl sites for hydroxylation is 1. The van der Waals surface area contributed by atoms with Crippen molar-refractivity contribution in [3.05, 3.63) is 106 Å². The zero-order chi connectivity index (χ0) is 27.4. The van der Waals surface area contributed by atoms with Gasteiger partial charge in [-0.1, -0.05) is 48.2 Å². The van der Waals surface area contributed by atoms with E-state index in [2.05, 4.69) is 20.5 Å². The zero-order valence-corrected chi connectivity index (χ0v) is 21.9. The van der Waals surface area contributed by atoms with Crippen LogP contribution in [-0.4, -0.2) is 29.2 Å². The lowest BCUT2D eigenvalue weighted by Gasteiger charge is -2.26. The number of aromatic nitrogens is 2. The number of hydrogen-bond donors (Lipinski definition) is 1. The quantitative estimate of drug-likeness (QED) is 0.119. The first-order chi connectivity index (χ1) is 18.9. The number of carbonyl (C=O) groups excluding carboxylic acids is 1. The van der Waals surface area contributed by atoms with E-state index >= 15 is 0 Å². The maximum Gasteiger partial charge on any atom is 0.280 e. The highest BCUT2D eigenvalue weighted by Gasteiger charge is 2.32. The lowest BCUT2D eigenvalue weighted by atomic mass is 9.87. The first-order valence-electron chi connectivity index (χ1n) is 12.0. The van der Waals surface area contributed by atoms with Crippen LogP contribution in [0.25, 0.3) is 0 Å². The van der Waals surface area contributed by atoms with Gasteiger partial charge in [0.2, 0.25) is 0 Å². The van der Waals surface area contributed by atoms with Gasteiger partial charge in [-0.25, -0.2) is 24.2 Å². The molecule has 3 aromatic carbocycles. The average molecular weight is 547 g/mol. The standard InChI is InChI=1S/C29H24F2N4O3S/c1-17-13-22(27(30)31)34-29(33-17)39-16-19-14-18(11-12-23(19)37-2)15-32-35-28(36)26-20-7-3-5-9-24(20)38-25-10-6-4-8-21(25)26/h3-15,26-27H,16H2,1-2H3,(H,35,36). The largest absolute Gasteiger partial charge is 0.496 e. The van der Waals surface area contributed by atoms with E-state index in [1.54, 1.807) is 32.4 Å². The van der Waals surface area contributed by atoms with E-state index in [-0.39, 0.29) is 16.8 Å². The highest BCUT2D eigenvalue weighted by molar-refractivity contribution is 7.98. The Morgan fingerprint density at radius 1 is 1.08 bits per heavy atom. The van der Waals surface area contributed by atoms with E-state index in [9.17, 15) is 13.6 Å². The number of thioether (sulfide) groups is 1. The number of amides is 1. The second kappa shape index (κ2) is 11.6. The van der Waals surface area contributed by atoms with E-state index in [0.717, 1.165) is 22.3 Å². The first kappa shape index (κ1) is 26.3. The maximum absolute atomic E-state index is 13.3. The number of alkyl halides is 2. The zero-order valence-electron chi connectivity index (χ0n) is 21.1. The van der Waals surface area contributed by atoms with Crippen molar-refractivity contribution in [3.63, 3.8) is 0 Å². The molecule has 0 saturated heterocycles. The molecule has 10 heteroatoms. The van der Waals surface area contributed by atoms with Gasteiger partial charge in [-0.15, -0.1) is 0 Å². The fourth-order valence-electron chi connectivity index (χ4n) is 4.30. The Morgan fingerprint density at radius 3 is 2.44 bits per heavy atom. The number of para-hydroxylation sites is 2. The number of nitrogens with zero attached hydrogens (tertiary/aromatic N) is 3. The van der Waals surface area contributed by atoms with Gasteiger partial charge in [0.15, 0.2) is 5.16 Å². The van der Waals surface area contributed by atoms with E-state index in [1.807, 2.05) is 54.6 Å². The predicted octanol–water partition coefficient (Wildman–Crippen LogP) is 6.41. The van der Waals surface area contributed by atoms with Crippen LogP contribution in [0, 0.1) is 6.92 Å². The Bertz CT molecular complexity index is 1500. The number of hydrazone groups is 1. The van der Waals surface area contributed by atoms with Gasteiger partial charge in [-0.3, -0.25) is 4.79 Å². The van der Waals surface area contributed by atoms with Crippen LogP contribution in [0.4, 0.5) is 8.78 Å². The number of ether oxygens (including phenoxy) is 2. The Labute approximate surface area is 228 Å². The fourth-order valence-corrected chi connectivity index (χ4v) is 5.19. The van der Waals surface area contributed by atoms with Crippen molar-refractivity contribution in [1.82, 2.24) is 15.4 Å². The molecule has 4 aromatic rings. The molecule has 0 radical (unpaired) electrons. The molecular formula is C29H24F2N4O3S. The summed E-state index contributed by atoms with van der Waals surface area (Å²) in [6.07, 6.45) is -1.13. The van der Waals surface area contributed by atoms with Gasteiger partial charge in [0.1, 0.15) is 22.9 Å². The first-order valence-corrected chi connectivity index (χ1v) is 13.0. The highest BCUT2D eigenvalue weighted by atomic mass is 32.2. The molecule has 0 fully saturated rings. The van der Waals surface area contributed by atoms with Crippen LogP contribution in [0.5, 0.6) is 17.2 Å². The Balaban J connectivity index is 1.31. The van der Waals surface area contributed by atoms with Crippen molar-refractivity contribution in [1.29, 1.82) is 0 Å². The monoisotopic (exact) mass is 546 g/mol. The molecule has 5 rings (SSSR count). The van der Waals surface area contributed by atoms with Crippen molar-refractivity contribution in [2.24, 2.45) is 5.10 Å². The minimum atomic E-state index is -2.67. The highest BCUT2D eigenvalue weighted by Crippen LogP contribution is 2.43. The summed E-state index contributed by atoms with van der Waals surface area (Å²) >= 11 is 1.23. The fraction of sp³-hybridized carbons (Fsp3) is 0.172. The molecule has 0 aliphatic carbocycles. The molecule has 0 spiro atoms. The molecule has 1 aliphatic heterocycles. The van der Waals surface area contributed by atoms with E-state index in [0.29, 0.717) is 28.7 Å². The van der Waals surface area contributed by atoms with Gasteiger partial charge >= 0.3 is 0 Å². The summed E-state index contributed by atoms with van der Waals surface area (Å²) in [4.78, 5) is 21.5. The molecule has 198 valence electrons. The third kappa shape index (κ3) is 5.91. The molecule has 39 heavy (non-hydrogen) atoms. The lowest BCUT2D eigenvalue weighted by molar-refractivity contribution is -0.121. The second-order valence-electron chi connectivity index (χ2n) is 8.72. The molecule has 1 aliphatic rings. The van der Waals surface area contributed by atoms with E-state index in [1.165, 1.54) is 17.8 Å². The van der Waals surface area contributed by atoms with E-state index < -0.39 is 12.3 Å². The molecule has 0 bridgehead atoms. The number of benzene rings is 3. The van der Waals surface area contributed by atoms with Crippen LogP contribution in [0.3, 0.4) is 0 Å². The normalized spacial score (nSPS) is 12.6. The Kier molecular flexibility index (Phi) is 7.83. The van der Waals surface area contributed by atoms with Crippen molar-refractivity contribution < 1.29 is 23.0 Å². The minimum absolute atomic E-state index is 0.260. The SMILES string of the molecule is COc1ccc(C=NNC(=O)C2c3ccccc3Oc3ccccc32)cc1CSc1nc(C)cc(C(F)F)n1. The molecule has 0 atom stereocenters. The van der Waals surface area contributed by atoms with Crippen LogP contribution in [0.15, 0.2) is 83.1 Å². The number of fused-ring (bicyclic) bond motifs is 2. The number of carbonyl (C=O) groups is 1. The van der Waals surface area contributed by atoms with Crippen LogP contribution in [0.1, 0.15) is 46.0 Å². The van der Waals surface area contributed by atoms with Gasteiger partial charge in [0.05, 0.1) is 19.2 Å². The number of halogens is 2. The summed E-state index contributed by atoms with van der Waals surface area (Å²) in [6.45, 7) is 1.65. The minimum Gasteiger partial charge on any atom is -0.496 e. The van der Waals surface area contributed by atoms with Crippen LogP contribution in [-0.2, 0) is 10.5 Å².